The van der Waals surface area contributed by atoms with Gasteiger partial charge in [0.1, 0.15) is 0 Å². The minimum Gasteiger partial charge on any atom is -0.397 e. The van der Waals surface area contributed by atoms with Crippen LogP contribution >= 0.6 is 65.9 Å². The van der Waals surface area contributed by atoms with Gasteiger partial charge in [0, 0.05) is 17.7 Å². The summed E-state index contributed by atoms with van der Waals surface area (Å²) in [6.45, 7) is -0.784. The molecule has 1 aromatic rings. The van der Waals surface area contributed by atoms with Crippen LogP contribution in [0.1, 0.15) is 20.7 Å². The number of amides is 2. The van der Waals surface area contributed by atoms with E-state index >= 15 is 0 Å². The van der Waals surface area contributed by atoms with Crippen LogP contribution in [0, 0.1) is 10.7 Å². The average molecular weight is 673 g/mol. The number of nitrogens with two attached hydrogens (primary N) is 1. The molecule has 5 N–H and O–H groups in total. The summed E-state index contributed by atoms with van der Waals surface area (Å²) in [7, 11) is 3.26. The Bertz CT molecular complexity index is 676. The van der Waals surface area contributed by atoms with Gasteiger partial charge in [-0.2, -0.15) is 0 Å². The fourth-order valence-corrected chi connectivity index (χ4v) is 6.71. The van der Waals surface area contributed by atoms with Gasteiger partial charge in [-0.1, -0.05) is 25.2 Å². The summed E-state index contributed by atoms with van der Waals surface area (Å²) in [5.41, 5.74) is 7.16. The van der Waals surface area contributed by atoms with Gasteiger partial charge in [-0.25, -0.2) is 0 Å². The predicted octanol–water partition coefficient (Wildman–Crippen LogP) is 0.835. The van der Waals surface area contributed by atoms with Crippen molar-refractivity contribution in [3.8, 4) is 0 Å². The van der Waals surface area contributed by atoms with Gasteiger partial charge in [-0.05, 0) is 45.2 Å². The highest BCUT2D eigenvalue weighted by Gasteiger charge is 2.28. The Balaban J connectivity index is 3.63. The van der Waals surface area contributed by atoms with Crippen molar-refractivity contribution in [2.24, 2.45) is 0 Å². The van der Waals surface area contributed by atoms with Crippen molar-refractivity contribution < 1.29 is 19.8 Å². The SMILES string of the molecule is C=Ic1c(C(=O)NC(CO)CO)c(I)c(N)c(I)c1C(=O)N(C)C. The lowest BCUT2D eigenvalue weighted by Crippen LogP contribution is -2.41. The Morgan fingerprint density at radius 2 is 1.75 bits per heavy atom. The first-order chi connectivity index (χ1) is 11.2. The van der Waals surface area contributed by atoms with Gasteiger partial charge < -0.3 is 26.2 Å². The second-order valence-corrected chi connectivity index (χ2v) is 8.97. The van der Waals surface area contributed by atoms with Crippen LogP contribution in [0.3, 0.4) is 0 Å². The second kappa shape index (κ2) is 9.59. The van der Waals surface area contributed by atoms with Crippen LogP contribution < -0.4 is 11.1 Å². The van der Waals surface area contributed by atoms with Gasteiger partial charge in [-0.3, -0.25) is 9.59 Å². The normalized spacial score (nSPS) is 10.8. The zero-order chi connectivity index (χ0) is 18.6. The first kappa shape index (κ1) is 22.0. The third kappa shape index (κ3) is 4.56. The van der Waals surface area contributed by atoms with Gasteiger partial charge in [0.2, 0.25) is 0 Å². The number of carbonyl (C=O) groups is 2. The Morgan fingerprint density at radius 1 is 1.25 bits per heavy atom. The summed E-state index contributed by atoms with van der Waals surface area (Å²) in [5.74, 6) is -0.725. The zero-order valence-electron chi connectivity index (χ0n) is 13.1. The third-order valence-electron chi connectivity index (χ3n) is 3.11. The van der Waals surface area contributed by atoms with Gasteiger partial charge in [0.05, 0.1) is 43.2 Å². The molecule has 0 saturated heterocycles. The number of hydrogen-bond acceptors (Lipinski definition) is 5. The third-order valence-corrected chi connectivity index (χ3v) is 7.19. The molecule has 0 atom stereocenters. The maximum absolute atomic E-state index is 12.7. The van der Waals surface area contributed by atoms with Crippen molar-refractivity contribution in [1.29, 1.82) is 0 Å². The van der Waals surface area contributed by atoms with E-state index in [1.807, 2.05) is 45.2 Å². The van der Waals surface area contributed by atoms with E-state index in [-0.39, 0.29) is 5.91 Å². The summed E-state index contributed by atoms with van der Waals surface area (Å²) >= 11 is 3.13. The fraction of sp³-hybridized carbons (Fsp3) is 0.357. The molecule has 0 bridgehead atoms. The number of benzene rings is 1. The fourth-order valence-electron chi connectivity index (χ4n) is 1.83. The Kier molecular flexibility index (Phi) is 8.78. The molecule has 0 saturated carbocycles. The van der Waals surface area contributed by atoms with E-state index in [2.05, 4.69) is 9.83 Å². The van der Waals surface area contributed by atoms with Gasteiger partial charge in [0.25, 0.3) is 11.8 Å². The van der Waals surface area contributed by atoms with E-state index in [0.717, 1.165) is 0 Å². The summed E-state index contributed by atoms with van der Waals surface area (Å²) in [6.07, 6.45) is 0. The number of nitrogens with zero attached hydrogens (tertiary/aromatic N) is 1. The van der Waals surface area contributed by atoms with Crippen LogP contribution in [-0.2, 0) is 0 Å². The molecule has 0 aliphatic heterocycles. The summed E-state index contributed by atoms with van der Waals surface area (Å²) in [4.78, 5) is 26.6. The largest absolute Gasteiger partial charge is 0.397 e. The quantitative estimate of drug-likeness (QED) is 0.264. The molecule has 0 radical (unpaired) electrons. The summed E-state index contributed by atoms with van der Waals surface area (Å²) < 4.78 is 5.69. The number of anilines is 1. The first-order valence-electron chi connectivity index (χ1n) is 6.64. The summed E-state index contributed by atoms with van der Waals surface area (Å²) in [6, 6.07) is -0.780. The van der Waals surface area contributed by atoms with E-state index in [9.17, 15) is 9.59 Å². The van der Waals surface area contributed by atoms with E-state index in [4.69, 9.17) is 15.9 Å². The van der Waals surface area contributed by atoms with Crippen molar-refractivity contribution in [3.05, 3.63) is 21.8 Å². The first-order valence-corrected chi connectivity index (χ1v) is 11.4. The van der Waals surface area contributed by atoms with Gasteiger partial charge in [-0.15, -0.1) is 0 Å². The molecule has 0 heterocycles. The lowest BCUT2D eigenvalue weighted by Gasteiger charge is -2.21. The molecule has 1 aromatic carbocycles. The van der Waals surface area contributed by atoms with Crippen molar-refractivity contribution in [1.82, 2.24) is 10.2 Å². The van der Waals surface area contributed by atoms with Gasteiger partial charge in [0.15, 0.2) is 0 Å². The van der Waals surface area contributed by atoms with Crippen LogP contribution in [-0.4, -0.2) is 64.8 Å². The van der Waals surface area contributed by atoms with E-state index in [1.165, 1.54) is 4.90 Å². The van der Waals surface area contributed by atoms with Crippen LogP contribution in [0.25, 0.3) is 0 Å². The number of halogens is 3. The topological polar surface area (TPSA) is 116 Å². The molecule has 0 unspecified atom stereocenters. The van der Waals surface area contributed by atoms with E-state index in [1.54, 1.807) is 14.1 Å². The average Bonchev–Trinajstić information content (AvgIpc) is 2.56. The van der Waals surface area contributed by atoms with Crippen molar-refractivity contribution >= 4 is 87.9 Å². The van der Waals surface area contributed by atoms with E-state index < -0.39 is 45.9 Å². The summed E-state index contributed by atoms with van der Waals surface area (Å²) in [5, 5.41) is 20.9. The smallest absolute Gasteiger partial charge is 0.255 e. The van der Waals surface area contributed by atoms with Crippen molar-refractivity contribution in [2.75, 3.05) is 33.0 Å². The standard InChI is InChI=1S/C14H18I3N3O4/c1-17-11-7(13(23)19-6(4-21)5-22)9(15)12(18)10(16)8(11)14(24)20(2)3/h6,21-22H,1,4-5,18H2,2-3H3,(H,19,23). The Labute approximate surface area is 177 Å². The number of rotatable bonds is 6. The lowest BCUT2D eigenvalue weighted by atomic mass is 10.1. The highest BCUT2D eigenvalue weighted by molar-refractivity contribution is 14.2. The molecule has 0 fully saturated rings. The van der Waals surface area contributed by atoms with Crippen molar-refractivity contribution in [2.45, 2.75) is 6.04 Å². The molecule has 0 aliphatic carbocycles. The molecule has 0 aliphatic rings. The zero-order valence-corrected chi connectivity index (χ0v) is 19.5. The second-order valence-electron chi connectivity index (χ2n) is 4.97. The minimum absolute atomic E-state index is 0.240. The Hall–Kier alpha value is -0.0600. The van der Waals surface area contributed by atoms with Crippen LogP contribution in [0.15, 0.2) is 0 Å². The molecular weight excluding hydrogens is 655 g/mol. The monoisotopic (exact) mass is 673 g/mol. The number of aliphatic hydroxyl groups is 2. The Morgan fingerprint density at radius 3 is 2.17 bits per heavy atom. The van der Waals surface area contributed by atoms with Crippen LogP contribution in [0.4, 0.5) is 5.69 Å². The molecular formula is C14H18I3N3O4. The number of nitrogens with one attached hydrogen (secondary N) is 1. The lowest BCUT2D eigenvalue weighted by molar-refractivity contribution is 0.0825. The predicted molar refractivity (Wildman–Crippen MR) is 120 cm³/mol. The number of carbonyl (C=O) groups excluding carboxylic acids is 2. The molecule has 24 heavy (non-hydrogen) atoms. The highest BCUT2D eigenvalue weighted by Crippen LogP contribution is 2.35. The number of aliphatic hydroxyl groups excluding tert-OH is 2. The van der Waals surface area contributed by atoms with Crippen molar-refractivity contribution in [3.63, 3.8) is 0 Å². The molecule has 0 aromatic heterocycles. The highest BCUT2D eigenvalue weighted by atomic mass is 127. The van der Waals surface area contributed by atoms with Gasteiger partial charge >= 0.3 is 0 Å². The van der Waals surface area contributed by atoms with Crippen LogP contribution in [0.2, 0.25) is 0 Å². The molecule has 1 rings (SSSR count). The maximum atomic E-state index is 12.7. The number of hydrogen-bond donors (Lipinski definition) is 4. The minimum atomic E-state index is -0.856. The molecule has 2 amide bonds. The van der Waals surface area contributed by atoms with E-state index in [0.29, 0.717) is 27.5 Å². The molecule has 134 valence electrons. The maximum Gasteiger partial charge on any atom is 0.255 e. The molecule has 0 spiro atoms. The van der Waals surface area contributed by atoms with Crippen LogP contribution in [0.5, 0.6) is 0 Å². The molecule has 10 heteroatoms. The molecule has 7 nitrogen and oxygen atoms in total. The number of nitrogen functional groups attached to an aromatic ring is 1.